The summed E-state index contributed by atoms with van der Waals surface area (Å²) in [5, 5.41) is 29.2. The first-order chi connectivity index (χ1) is 14.4. The Labute approximate surface area is 181 Å². The van der Waals surface area contributed by atoms with E-state index in [-0.39, 0.29) is 12.8 Å². The number of hydrogen-bond acceptors (Lipinski definition) is 4. The molecule has 4 N–H and O–H groups in total. The van der Waals surface area contributed by atoms with E-state index in [9.17, 15) is 14.4 Å². The van der Waals surface area contributed by atoms with Gasteiger partial charge in [-0.2, -0.15) is 0 Å². The molecule has 0 saturated carbocycles. The molecule has 0 aliphatic heterocycles. The maximum atomic E-state index is 11.1. The maximum absolute atomic E-state index is 11.1. The van der Waals surface area contributed by atoms with Crippen molar-refractivity contribution in [1.82, 2.24) is 5.32 Å². The van der Waals surface area contributed by atoms with Gasteiger partial charge >= 0.3 is 17.9 Å². The van der Waals surface area contributed by atoms with Crippen LogP contribution in [-0.2, 0) is 14.4 Å². The third kappa shape index (κ3) is 21.1. The van der Waals surface area contributed by atoms with Crippen LogP contribution >= 0.6 is 0 Å². The Balaban J connectivity index is 3.28. The molecule has 0 saturated heterocycles. The molecule has 0 aromatic heterocycles. The monoisotopic (exact) mass is 429 g/mol. The van der Waals surface area contributed by atoms with Crippen LogP contribution in [0, 0.1) is 0 Å². The molecule has 0 fully saturated rings. The van der Waals surface area contributed by atoms with Gasteiger partial charge in [-0.05, 0) is 25.8 Å². The molecular formula is C23H43NO6. The van der Waals surface area contributed by atoms with Crippen LogP contribution in [0.4, 0.5) is 0 Å². The summed E-state index contributed by atoms with van der Waals surface area (Å²) in [6, 6.07) is -0.766. The minimum absolute atomic E-state index is 0.122. The number of carboxylic acid groups (broad SMARTS) is 3. The first-order valence-corrected chi connectivity index (χ1v) is 11.8. The molecule has 0 unspecified atom stereocenters. The van der Waals surface area contributed by atoms with Crippen LogP contribution in [0.2, 0.25) is 0 Å². The van der Waals surface area contributed by atoms with Gasteiger partial charge < -0.3 is 20.6 Å². The van der Waals surface area contributed by atoms with Crippen molar-refractivity contribution < 1.29 is 29.7 Å². The van der Waals surface area contributed by atoms with Crippen LogP contribution in [0.1, 0.15) is 116 Å². The molecule has 0 aliphatic rings. The minimum atomic E-state index is -0.980. The highest BCUT2D eigenvalue weighted by atomic mass is 16.4. The molecule has 0 radical (unpaired) electrons. The predicted molar refractivity (Wildman–Crippen MR) is 118 cm³/mol. The Kier molecular flexibility index (Phi) is 19.5. The van der Waals surface area contributed by atoms with Crippen molar-refractivity contribution in [2.75, 3.05) is 6.54 Å². The normalized spacial score (nSPS) is 12.0. The van der Waals surface area contributed by atoms with Crippen LogP contribution in [0.15, 0.2) is 0 Å². The Morgan fingerprint density at radius 1 is 0.533 bits per heavy atom. The molecule has 0 aromatic rings. The zero-order valence-electron chi connectivity index (χ0n) is 18.6. The average Bonchev–Trinajstić information content (AvgIpc) is 2.68. The van der Waals surface area contributed by atoms with Gasteiger partial charge in [0.2, 0.25) is 0 Å². The van der Waals surface area contributed by atoms with Gasteiger partial charge in [0.1, 0.15) is 6.04 Å². The number of aliphatic carboxylic acids is 3. The molecule has 0 aliphatic carbocycles. The van der Waals surface area contributed by atoms with Crippen LogP contribution in [-0.4, -0.2) is 45.8 Å². The lowest BCUT2D eigenvalue weighted by atomic mass is 10.0. The van der Waals surface area contributed by atoms with Crippen molar-refractivity contribution in [2.45, 2.75) is 122 Å². The quantitative estimate of drug-likeness (QED) is 0.164. The number of carbonyl (C=O) groups is 3. The minimum Gasteiger partial charge on any atom is -0.481 e. The van der Waals surface area contributed by atoms with Crippen LogP contribution < -0.4 is 5.32 Å². The first-order valence-electron chi connectivity index (χ1n) is 11.8. The van der Waals surface area contributed by atoms with Gasteiger partial charge in [-0.15, -0.1) is 0 Å². The molecule has 0 amide bonds. The van der Waals surface area contributed by atoms with Crippen LogP contribution in [0.3, 0.4) is 0 Å². The van der Waals surface area contributed by atoms with Crippen LogP contribution in [0.5, 0.6) is 0 Å². The molecule has 0 bridgehead atoms. The number of nitrogens with one attached hydrogen (secondary N) is 1. The summed E-state index contributed by atoms with van der Waals surface area (Å²) in [6.45, 7) is 0.621. The van der Waals surface area contributed by atoms with E-state index in [4.69, 9.17) is 15.3 Å². The van der Waals surface area contributed by atoms with Crippen molar-refractivity contribution in [3.63, 3.8) is 0 Å². The van der Waals surface area contributed by atoms with E-state index >= 15 is 0 Å². The highest BCUT2D eigenvalue weighted by Crippen LogP contribution is 2.13. The highest BCUT2D eigenvalue weighted by molar-refractivity contribution is 5.75. The molecule has 0 aromatic carbocycles. The molecule has 1 atom stereocenters. The van der Waals surface area contributed by atoms with E-state index in [2.05, 4.69) is 5.32 Å². The van der Waals surface area contributed by atoms with Gasteiger partial charge in [0, 0.05) is 12.8 Å². The Morgan fingerprint density at radius 2 is 0.900 bits per heavy atom. The van der Waals surface area contributed by atoms with Crippen molar-refractivity contribution in [1.29, 1.82) is 0 Å². The summed E-state index contributed by atoms with van der Waals surface area (Å²) in [4.78, 5) is 32.0. The fourth-order valence-electron chi connectivity index (χ4n) is 3.56. The molecule has 0 rings (SSSR count). The van der Waals surface area contributed by atoms with Gasteiger partial charge in [-0.1, -0.05) is 83.5 Å². The number of unbranched alkanes of at least 4 members (excludes halogenated alkanes) is 14. The largest absolute Gasteiger partial charge is 0.481 e. The second kappa shape index (κ2) is 20.6. The lowest BCUT2D eigenvalue weighted by Gasteiger charge is -2.13. The summed E-state index contributed by atoms with van der Waals surface area (Å²) in [7, 11) is 0. The van der Waals surface area contributed by atoms with Gasteiger partial charge in [-0.3, -0.25) is 14.4 Å². The fourth-order valence-corrected chi connectivity index (χ4v) is 3.56. The number of rotatable bonds is 23. The van der Waals surface area contributed by atoms with Crippen LogP contribution in [0.25, 0.3) is 0 Å². The summed E-state index contributed by atoms with van der Waals surface area (Å²) in [5.74, 6) is -2.63. The fraction of sp³-hybridized carbons (Fsp3) is 0.870. The van der Waals surface area contributed by atoms with Crippen molar-refractivity contribution >= 4 is 17.9 Å². The summed E-state index contributed by atoms with van der Waals surface area (Å²) < 4.78 is 0. The summed E-state index contributed by atoms with van der Waals surface area (Å²) in [5.41, 5.74) is 0. The highest BCUT2D eigenvalue weighted by Gasteiger charge is 2.17. The molecule has 7 heteroatoms. The Hall–Kier alpha value is -1.63. The standard InChI is InChI=1S/C23H43NO6/c25-21(26)16-14-12-10-8-6-4-2-1-3-5-7-9-11-13-15-19-24-20(23(29)30)17-18-22(27)28/h20,24H,1-19H2,(H,25,26)(H,27,28)(H,29,30)/t20-/m0/s1. The van der Waals surface area contributed by atoms with E-state index < -0.39 is 23.9 Å². The zero-order chi connectivity index (χ0) is 22.5. The van der Waals surface area contributed by atoms with Gasteiger partial charge in [0.15, 0.2) is 0 Å². The first kappa shape index (κ1) is 28.4. The smallest absolute Gasteiger partial charge is 0.320 e. The zero-order valence-corrected chi connectivity index (χ0v) is 18.6. The van der Waals surface area contributed by atoms with E-state index in [1.54, 1.807) is 0 Å². The van der Waals surface area contributed by atoms with Gasteiger partial charge in [-0.25, -0.2) is 0 Å². The second-order valence-corrected chi connectivity index (χ2v) is 8.22. The van der Waals surface area contributed by atoms with Crippen molar-refractivity contribution in [2.24, 2.45) is 0 Å². The lowest BCUT2D eigenvalue weighted by Crippen LogP contribution is -2.37. The molecule has 0 spiro atoms. The molecular weight excluding hydrogens is 386 g/mol. The van der Waals surface area contributed by atoms with E-state index in [1.165, 1.54) is 57.8 Å². The average molecular weight is 430 g/mol. The Bertz CT molecular complexity index is 455. The van der Waals surface area contributed by atoms with E-state index in [0.29, 0.717) is 13.0 Å². The van der Waals surface area contributed by atoms with E-state index in [1.807, 2.05) is 0 Å². The van der Waals surface area contributed by atoms with Crippen molar-refractivity contribution in [3.8, 4) is 0 Å². The lowest BCUT2D eigenvalue weighted by molar-refractivity contribution is -0.141. The molecule has 30 heavy (non-hydrogen) atoms. The second-order valence-electron chi connectivity index (χ2n) is 8.22. The van der Waals surface area contributed by atoms with E-state index in [0.717, 1.165) is 38.5 Å². The molecule has 7 nitrogen and oxygen atoms in total. The summed E-state index contributed by atoms with van der Waals surface area (Å²) >= 11 is 0. The van der Waals surface area contributed by atoms with Crippen molar-refractivity contribution in [3.05, 3.63) is 0 Å². The maximum Gasteiger partial charge on any atom is 0.320 e. The SMILES string of the molecule is O=C(O)CCCCCCCCCCCCCCCCCN[C@@H](CCC(=O)O)C(=O)O. The number of hydrogen-bond donors (Lipinski definition) is 4. The predicted octanol–water partition coefficient (Wildman–Crippen LogP) is 5.22. The third-order valence-corrected chi connectivity index (χ3v) is 5.40. The Morgan fingerprint density at radius 3 is 1.27 bits per heavy atom. The van der Waals surface area contributed by atoms with Gasteiger partial charge in [0.05, 0.1) is 0 Å². The third-order valence-electron chi connectivity index (χ3n) is 5.40. The molecule has 0 heterocycles. The van der Waals surface area contributed by atoms with Gasteiger partial charge in [0.25, 0.3) is 0 Å². The number of carboxylic acids is 3. The topological polar surface area (TPSA) is 124 Å². The summed E-state index contributed by atoms with van der Waals surface area (Å²) in [6.07, 6.45) is 17.9. The molecule has 176 valence electrons.